The van der Waals surface area contributed by atoms with Gasteiger partial charge < -0.3 is 15.3 Å². The van der Waals surface area contributed by atoms with Gasteiger partial charge in [0.1, 0.15) is 11.4 Å². The summed E-state index contributed by atoms with van der Waals surface area (Å²) < 4.78 is 0. The molecule has 0 aromatic heterocycles. The average Bonchev–Trinajstić information content (AvgIpc) is 2.89. The fraction of sp³-hybridized carbons (Fsp3) is 0.179. The number of phenols is 1. The Hall–Kier alpha value is -4.39. The molecule has 7 nitrogen and oxygen atoms in total. The second-order valence-corrected chi connectivity index (χ2v) is 7.80. The molecule has 3 rings (SSSR count). The van der Waals surface area contributed by atoms with E-state index in [-0.39, 0.29) is 11.4 Å². The quantitative estimate of drug-likeness (QED) is 0.243. The van der Waals surface area contributed by atoms with Gasteiger partial charge in [0.05, 0.1) is 5.71 Å². The zero-order valence-electron chi connectivity index (χ0n) is 20.2. The fourth-order valence-corrected chi connectivity index (χ4v) is 3.51. The van der Waals surface area contributed by atoms with E-state index in [1.807, 2.05) is 30.3 Å². The molecule has 0 aliphatic carbocycles. The van der Waals surface area contributed by atoms with Crippen molar-refractivity contribution < 1.29 is 14.7 Å². The highest BCUT2D eigenvalue weighted by Crippen LogP contribution is 2.18. The summed E-state index contributed by atoms with van der Waals surface area (Å²) in [6.45, 7) is 7.64. The molecular weight excluding hydrogens is 440 g/mol. The van der Waals surface area contributed by atoms with Crippen molar-refractivity contribution in [2.24, 2.45) is 5.10 Å². The van der Waals surface area contributed by atoms with Gasteiger partial charge in [0.25, 0.3) is 11.8 Å². The zero-order chi connectivity index (χ0) is 25.2. The number of hydrogen-bond acceptors (Lipinski definition) is 5. The first kappa shape index (κ1) is 25.2. The molecule has 0 bridgehead atoms. The first-order valence-electron chi connectivity index (χ1n) is 11.5. The van der Waals surface area contributed by atoms with Crippen LogP contribution in [0.15, 0.2) is 89.7 Å². The second kappa shape index (κ2) is 12.2. The Balaban J connectivity index is 1.87. The van der Waals surface area contributed by atoms with E-state index >= 15 is 0 Å². The van der Waals surface area contributed by atoms with Gasteiger partial charge in [0, 0.05) is 29.9 Å². The summed E-state index contributed by atoms with van der Waals surface area (Å²) in [6.07, 6.45) is 1.60. The predicted octanol–water partition coefficient (Wildman–Crippen LogP) is 4.55. The molecule has 0 unspecified atom stereocenters. The molecule has 35 heavy (non-hydrogen) atoms. The largest absolute Gasteiger partial charge is 0.507 e. The van der Waals surface area contributed by atoms with Crippen molar-refractivity contribution in [2.45, 2.75) is 20.8 Å². The van der Waals surface area contributed by atoms with Crippen LogP contribution in [0.5, 0.6) is 5.75 Å². The van der Waals surface area contributed by atoms with Crippen molar-refractivity contribution in [1.29, 1.82) is 0 Å². The molecule has 0 spiro atoms. The molecule has 0 radical (unpaired) electrons. The normalized spacial score (nSPS) is 11.6. The molecule has 0 heterocycles. The zero-order valence-corrected chi connectivity index (χ0v) is 20.2. The Kier molecular flexibility index (Phi) is 8.78. The third kappa shape index (κ3) is 6.80. The van der Waals surface area contributed by atoms with E-state index in [9.17, 15) is 14.7 Å². The topological polar surface area (TPSA) is 94.0 Å². The lowest BCUT2D eigenvalue weighted by Crippen LogP contribution is -2.33. The Morgan fingerprint density at radius 2 is 1.54 bits per heavy atom. The van der Waals surface area contributed by atoms with Crippen LogP contribution >= 0.6 is 0 Å². The maximum atomic E-state index is 13.0. The Labute approximate surface area is 205 Å². The standard InChI is InChI=1S/C28H30N4O3/c1-4-32(5-2)23-17-15-21(16-18-23)19-25(29-27(34)22-11-7-6-8-12-22)28(35)31-30-20(3)24-13-9-10-14-26(24)33/h6-19,33H,4-5H2,1-3H3,(H,29,34)(H,31,35)/b25-19+,30-20+. The molecule has 0 atom stereocenters. The van der Waals surface area contributed by atoms with E-state index < -0.39 is 11.8 Å². The van der Waals surface area contributed by atoms with Crippen molar-refractivity contribution in [1.82, 2.24) is 10.7 Å². The number of carbonyl (C=O) groups excluding carboxylic acids is 2. The third-order valence-electron chi connectivity index (χ3n) is 5.48. The first-order valence-corrected chi connectivity index (χ1v) is 11.5. The molecule has 3 aromatic carbocycles. The molecule has 2 amide bonds. The van der Waals surface area contributed by atoms with Gasteiger partial charge in [-0.05, 0) is 68.8 Å². The number of benzene rings is 3. The number of phenolic OH excluding ortho intramolecular Hbond substituents is 1. The highest BCUT2D eigenvalue weighted by Gasteiger charge is 2.15. The minimum atomic E-state index is -0.586. The summed E-state index contributed by atoms with van der Waals surface area (Å²) in [5.74, 6) is -0.936. The first-order chi connectivity index (χ1) is 16.9. The Morgan fingerprint density at radius 1 is 0.914 bits per heavy atom. The Bertz CT molecular complexity index is 1210. The molecule has 7 heteroatoms. The molecule has 0 saturated carbocycles. The maximum absolute atomic E-state index is 13.0. The number of para-hydroxylation sites is 1. The Morgan fingerprint density at radius 3 is 2.17 bits per heavy atom. The highest BCUT2D eigenvalue weighted by molar-refractivity contribution is 6.06. The van der Waals surface area contributed by atoms with E-state index in [4.69, 9.17) is 0 Å². The van der Waals surface area contributed by atoms with Crippen molar-refractivity contribution in [3.63, 3.8) is 0 Å². The monoisotopic (exact) mass is 470 g/mol. The molecule has 0 fully saturated rings. The van der Waals surface area contributed by atoms with Gasteiger partial charge in [0.15, 0.2) is 0 Å². The summed E-state index contributed by atoms with van der Waals surface area (Å²) in [6, 6.07) is 23.1. The van der Waals surface area contributed by atoms with E-state index in [1.165, 1.54) is 0 Å². The van der Waals surface area contributed by atoms with Gasteiger partial charge in [-0.2, -0.15) is 5.10 Å². The molecule has 0 aliphatic rings. The molecular formula is C28H30N4O3. The summed E-state index contributed by atoms with van der Waals surface area (Å²) in [5.41, 5.74) is 5.70. The predicted molar refractivity (Wildman–Crippen MR) is 140 cm³/mol. The average molecular weight is 471 g/mol. The number of hydrazone groups is 1. The highest BCUT2D eigenvalue weighted by atomic mass is 16.3. The van der Waals surface area contributed by atoms with Gasteiger partial charge in [-0.3, -0.25) is 9.59 Å². The number of hydrogen-bond donors (Lipinski definition) is 3. The lowest BCUT2D eigenvalue weighted by atomic mass is 10.1. The van der Waals surface area contributed by atoms with E-state index in [0.29, 0.717) is 16.8 Å². The second-order valence-electron chi connectivity index (χ2n) is 7.80. The molecule has 180 valence electrons. The van der Waals surface area contributed by atoms with Crippen LogP contribution in [0, 0.1) is 0 Å². The summed E-state index contributed by atoms with van der Waals surface area (Å²) in [7, 11) is 0. The van der Waals surface area contributed by atoms with Gasteiger partial charge in [0.2, 0.25) is 0 Å². The summed E-state index contributed by atoms with van der Waals surface area (Å²) in [4.78, 5) is 28.0. The molecule has 3 N–H and O–H groups in total. The number of anilines is 1. The maximum Gasteiger partial charge on any atom is 0.287 e. The van der Waals surface area contributed by atoms with Crippen LogP contribution in [0.4, 0.5) is 5.69 Å². The van der Waals surface area contributed by atoms with Gasteiger partial charge >= 0.3 is 0 Å². The van der Waals surface area contributed by atoms with Crippen molar-refractivity contribution in [3.8, 4) is 5.75 Å². The summed E-state index contributed by atoms with van der Waals surface area (Å²) in [5, 5.41) is 16.8. The van der Waals surface area contributed by atoms with E-state index in [2.05, 4.69) is 34.6 Å². The van der Waals surface area contributed by atoms with E-state index in [0.717, 1.165) is 24.3 Å². The molecule has 3 aromatic rings. The van der Waals surface area contributed by atoms with Crippen LogP contribution in [-0.2, 0) is 4.79 Å². The van der Waals surface area contributed by atoms with Crippen molar-refractivity contribution >= 4 is 29.3 Å². The molecule has 0 saturated heterocycles. The van der Waals surface area contributed by atoms with Crippen LogP contribution < -0.4 is 15.6 Å². The minimum absolute atomic E-state index is 0.0447. The third-order valence-corrected chi connectivity index (χ3v) is 5.48. The van der Waals surface area contributed by atoms with Crippen LogP contribution in [0.3, 0.4) is 0 Å². The lowest BCUT2D eigenvalue weighted by Gasteiger charge is -2.21. The SMILES string of the molecule is CCN(CC)c1ccc(/C=C(/NC(=O)c2ccccc2)C(=O)N/N=C(\C)c2ccccc2O)cc1. The number of carbonyl (C=O) groups is 2. The smallest absolute Gasteiger partial charge is 0.287 e. The number of nitrogens with one attached hydrogen (secondary N) is 2. The number of rotatable bonds is 9. The number of nitrogens with zero attached hydrogens (tertiary/aromatic N) is 2. The van der Waals surface area contributed by atoms with Crippen molar-refractivity contribution in [3.05, 3.63) is 101 Å². The lowest BCUT2D eigenvalue weighted by molar-refractivity contribution is -0.117. The van der Waals surface area contributed by atoms with Crippen LogP contribution in [0.2, 0.25) is 0 Å². The van der Waals surface area contributed by atoms with Crippen LogP contribution in [0.1, 0.15) is 42.3 Å². The van der Waals surface area contributed by atoms with Crippen molar-refractivity contribution in [2.75, 3.05) is 18.0 Å². The summed E-state index contributed by atoms with van der Waals surface area (Å²) >= 11 is 0. The van der Waals surface area contributed by atoms with Crippen LogP contribution in [0.25, 0.3) is 6.08 Å². The number of aromatic hydroxyl groups is 1. The minimum Gasteiger partial charge on any atom is -0.507 e. The van der Waals surface area contributed by atoms with Gasteiger partial charge in [-0.15, -0.1) is 0 Å². The van der Waals surface area contributed by atoms with E-state index in [1.54, 1.807) is 61.5 Å². The van der Waals surface area contributed by atoms with Gasteiger partial charge in [-0.1, -0.05) is 42.5 Å². The van der Waals surface area contributed by atoms with Crippen LogP contribution in [-0.4, -0.2) is 35.7 Å². The number of amides is 2. The fourth-order valence-electron chi connectivity index (χ4n) is 3.51. The molecule has 0 aliphatic heterocycles. The van der Waals surface area contributed by atoms with Gasteiger partial charge in [-0.25, -0.2) is 5.43 Å².